The molecule has 1 aromatic rings. The van der Waals surface area contributed by atoms with Crippen LogP contribution in [-0.4, -0.2) is 4.98 Å². The SMILES string of the molecule is CCCCCc1c[nH]cc1N. The second-order valence-corrected chi connectivity index (χ2v) is 2.89. The molecule has 0 aromatic carbocycles. The van der Waals surface area contributed by atoms with Crippen LogP contribution in [0.3, 0.4) is 0 Å². The maximum absolute atomic E-state index is 5.69. The summed E-state index contributed by atoms with van der Waals surface area (Å²) < 4.78 is 0. The topological polar surface area (TPSA) is 41.8 Å². The van der Waals surface area contributed by atoms with Crippen LogP contribution < -0.4 is 5.73 Å². The van der Waals surface area contributed by atoms with Gasteiger partial charge in [0.2, 0.25) is 0 Å². The zero-order valence-corrected chi connectivity index (χ0v) is 7.06. The first-order chi connectivity index (χ1) is 5.34. The molecule has 0 amide bonds. The van der Waals surface area contributed by atoms with Crippen LogP contribution >= 0.6 is 0 Å². The van der Waals surface area contributed by atoms with Crippen LogP contribution in [-0.2, 0) is 6.42 Å². The quantitative estimate of drug-likeness (QED) is 0.639. The molecule has 0 bridgehead atoms. The smallest absolute Gasteiger partial charge is 0.0524 e. The van der Waals surface area contributed by atoms with Crippen molar-refractivity contribution in [1.29, 1.82) is 0 Å². The number of anilines is 1. The molecule has 1 aromatic heterocycles. The molecule has 0 radical (unpaired) electrons. The molecule has 0 aliphatic heterocycles. The monoisotopic (exact) mass is 152 g/mol. The van der Waals surface area contributed by atoms with E-state index >= 15 is 0 Å². The van der Waals surface area contributed by atoms with Crippen molar-refractivity contribution in [3.63, 3.8) is 0 Å². The molecule has 11 heavy (non-hydrogen) atoms. The van der Waals surface area contributed by atoms with Crippen molar-refractivity contribution in [2.24, 2.45) is 0 Å². The minimum atomic E-state index is 0.904. The lowest BCUT2D eigenvalue weighted by molar-refractivity contribution is 0.718. The van der Waals surface area contributed by atoms with Crippen LogP contribution in [0.5, 0.6) is 0 Å². The summed E-state index contributed by atoms with van der Waals surface area (Å²) in [7, 11) is 0. The Balaban J connectivity index is 2.32. The second kappa shape index (κ2) is 4.06. The summed E-state index contributed by atoms with van der Waals surface area (Å²) in [4.78, 5) is 3.00. The van der Waals surface area contributed by atoms with Crippen LogP contribution in [0.1, 0.15) is 31.7 Å². The standard InChI is InChI=1S/C9H16N2/c1-2-3-4-5-8-6-11-7-9(8)10/h6-7,11H,2-5,10H2,1H3. The van der Waals surface area contributed by atoms with Crippen LogP contribution in [0.25, 0.3) is 0 Å². The Morgan fingerprint density at radius 3 is 2.73 bits per heavy atom. The van der Waals surface area contributed by atoms with Gasteiger partial charge in [0.1, 0.15) is 0 Å². The van der Waals surface area contributed by atoms with Gasteiger partial charge in [0.25, 0.3) is 0 Å². The van der Waals surface area contributed by atoms with Gasteiger partial charge in [-0.05, 0) is 18.4 Å². The van der Waals surface area contributed by atoms with Crippen LogP contribution in [0.2, 0.25) is 0 Å². The van der Waals surface area contributed by atoms with E-state index in [1.165, 1.54) is 24.8 Å². The predicted octanol–water partition coefficient (Wildman–Crippen LogP) is 2.33. The molecule has 2 nitrogen and oxygen atoms in total. The number of hydrogen-bond acceptors (Lipinski definition) is 1. The van der Waals surface area contributed by atoms with E-state index < -0.39 is 0 Å². The number of aromatic nitrogens is 1. The largest absolute Gasteiger partial charge is 0.397 e. The summed E-state index contributed by atoms with van der Waals surface area (Å²) in [5.41, 5.74) is 7.86. The number of nitrogens with one attached hydrogen (secondary N) is 1. The van der Waals surface area contributed by atoms with Crippen molar-refractivity contribution in [1.82, 2.24) is 4.98 Å². The predicted molar refractivity (Wildman–Crippen MR) is 48.4 cm³/mol. The normalized spacial score (nSPS) is 10.3. The lowest BCUT2D eigenvalue weighted by Gasteiger charge is -1.97. The first-order valence-corrected chi connectivity index (χ1v) is 4.25. The fourth-order valence-electron chi connectivity index (χ4n) is 1.19. The third-order valence-electron chi connectivity index (χ3n) is 1.92. The summed E-state index contributed by atoms with van der Waals surface area (Å²) in [6.07, 6.45) is 8.77. The van der Waals surface area contributed by atoms with Gasteiger partial charge in [-0.1, -0.05) is 19.8 Å². The Hall–Kier alpha value is -0.920. The number of H-pyrrole nitrogens is 1. The summed E-state index contributed by atoms with van der Waals surface area (Å²) in [5.74, 6) is 0. The average Bonchev–Trinajstić information content (AvgIpc) is 2.37. The zero-order valence-electron chi connectivity index (χ0n) is 7.06. The summed E-state index contributed by atoms with van der Waals surface area (Å²) >= 11 is 0. The maximum Gasteiger partial charge on any atom is 0.0524 e. The Bertz CT molecular complexity index is 203. The number of nitrogens with two attached hydrogens (primary N) is 1. The lowest BCUT2D eigenvalue weighted by atomic mass is 10.1. The van der Waals surface area contributed by atoms with Crippen LogP contribution in [0.15, 0.2) is 12.4 Å². The number of unbranched alkanes of at least 4 members (excludes halogenated alkanes) is 2. The molecular weight excluding hydrogens is 136 g/mol. The van der Waals surface area contributed by atoms with Crippen LogP contribution in [0, 0.1) is 0 Å². The minimum absolute atomic E-state index is 0.904. The molecule has 0 saturated carbocycles. The van der Waals surface area contributed by atoms with E-state index in [-0.39, 0.29) is 0 Å². The molecule has 0 aliphatic rings. The van der Waals surface area contributed by atoms with Gasteiger partial charge in [-0.15, -0.1) is 0 Å². The number of aromatic amines is 1. The number of hydrogen-bond donors (Lipinski definition) is 2. The average molecular weight is 152 g/mol. The summed E-state index contributed by atoms with van der Waals surface area (Å²) in [6.45, 7) is 2.21. The minimum Gasteiger partial charge on any atom is -0.397 e. The summed E-state index contributed by atoms with van der Waals surface area (Å²) in [6, 6.07) is 0. The van der Waals surface area contributed by atoms with Gasteiger partial charge in [0, 0.05) is 12.4 Å². The van der Waals surface area contributed by atoms with E-state index in [0.717, 1.165) is 12.1 Å². The third kappa shape index (κ3) is 2.30. The van der Waals surface area contributed by atoms with E-state index in [1.807, 2.05) is 12.4 Å². The van der Waals surface area contributed by atoms with E-state index in [0.29, 0.717) is 0 Å². The van der Waals surface area contributed by atoms with E-state index in [2.05, 4.69) is 11.9 Å². The highest BCUT2D eigenvalue weighted by atomic mass is 14.7. The molecule has 2 heteroatoms. The number of nitrogen functional groups attached to an aromatic ring is 1. The fraction of sp³-hybridized carbons (Fsp3) is 0.556. The van der Waals surface area contributed by atoms with Crippen molar-refractivity contribution >= 4 is 5.69 Å². The van der Waals surface area contributed by atoms with Crippen molar-refractivity contribution in [3.05, 3.63) is 18.0 Å². The molecule has 0 fully saturated rings. The molecule has 1 rings (SSSR count). The number of aryl methyl sites for hydroxylation is 1. The zero-order chi connectivity index (χ0) is 8.10. The van der Waals surface area contributed by atoms with Gasteiger partial charge in [-0.2, -0.15) is 0 Å². The van der Waals surface area contributed by atoms with Gasteiger partial charge >= 0.3 is 0 Å². The van der Waals surface area contributed by atoms with Gasteiger partial charge < -0.3 is 10.7 Å². The highest BCUT2D eigenvalue weighted by Gasteiger charge is 1.97. The lowest BCUT2D eigenvalue weighted by Crippen LogP contribution is -1.89. The van der Waals surface area contributed by atoms with Crippen molar-refractivity contribution in [2.75, 3.05) is 5.73 Å². The van der Waals surface area contributed by atoms with E-state index in [9.17, 15) is 0 Å². The highest BCUT2D eigenvalue weighted by Crippen LogP contribution is 2.13. The van der Waals surface area contributed by atoms with Crippen molar-refractivity contribution in [2.45, 2.75) is 32.6 Å². The van der Waals surface area contributed by atoms with E-state index in [4.69, 9.17) is 5.73 Å². The molecule has 0 atom stereocenters. The maximum atomic E-state index is 5.69. The molecular formula is C9H16N2. The molecule has 0 aliphatic carbocycles. The highest BCUT2D eigenvalue weighted by molar-refractivity contribution is 5.44. The van der Waals surface area contributed by atoms with Gasteiger partial charge in [-0.3, -0.25) is 0 Å². The Morgan fingerprint density at radius 2 is 2.18 bits per heavy atom. The van der Waals surface area contributed by atoms with Gasteiger partial charge in [0.15, 0.2) is 0 Å². The number of rotatable bonds is 4. The fourth-order valence-corrected chi connectivity index (χ4v) is 1.19. The van der Waals surface area contributed by atoms with Gasteiger partial charge in [0.05, 0.1) is 5.69 Å². The Kier molecular flexibility index (Phi) is 3.02. The van der Waals surface area contributed by atoms with Gasteiger partial charge in [-0.25, -0.2) is 0 Å². The molecule has 62 valence electrons. The Labute approximate surface area is 67.8 Å². The second-order valence-electron chi connectivity index (χ2n) is 2.89. The molecule has 3 N–H and O–H groups in total. The molecule has 1 heterocycles. The molecule has 0 spiro atoms. The molecule has 0 unspecified atom stereocenters. The Morgan fingerprint density at radius 1 is 1.36 bits per heavy atom. The van der Waals surface area contributed by atoms with Crippen molar-refractivity contribution in [3.8, 4) is 0 Å². The van der Waals surface area contributed by atoms with Crippen LogP contribution in [0.4, 0.5) is 5.69 Å². The first-order valence-electron chi connectivity index (χ1n) is 4.25. The van der Waals surface area contributed by atoms with Crippen molar-refractivity contribution < 1.29 is 0 Å². The molecule has 0 saturated heterocycles. The first kappa shape index (κ1) is 8.18. The van der Waals surface area contributed by atoms with E-state index in [1.54, 1.807) is 0 Å². The summed E-state index contributed by atoms with van der Waals surface area (Å²) in [5, 5.41) is 0. The third-order valence-corrected chi connectivity index (χ3v) is 1.92.